The molecule has 4 unspecified atom stereocenters. The van der Waals surface area contributed by atoms with Crippen LogP contribution in [0.3, 0.4) is 0 Å². The largest absolute Gasteiger partial charge is 0.481 e. The number of hydrogen-bond donors (Lipinski definition) is 2. The van der Waals surface area contributed by atoms with Gasteiger partial charge in [-0.05, 0) is 49.5 Å². The summed E-state index contributed by atoms with van der Waals surface area (Å²) >= 11 is 0. The van der Waals surface area contributed by atoms with Crippen LogP contribution in [-0.2, 0) is 4.79 Å². The van der Waals surface area contributed by atoms with E-state index in [1.54, 1.807) is 0 Å². The molecule has 2 aliphatic carbocycles. The number of carbonyl (C=O) groups is 1. The third-order valence-corrected chi connectivity index (χ3v) is 5.50. The van der Waals surface area contributed by atoms with Crippen molar-refractivity contribution in [2.45, 2.75) is 71.8 Å². The molecule has 0 aliphatic heterocycles. The van der Waals surface area contributed by atoms with Crippen LogP contribution in [0.4, 0.5) is 0 Å². The highest BCUT2D eigenvalue weighted by Gasteiger charge is 2.36. The van der Waals surface area contributed by atoms with Crippen molar-refractivity contribution in [2.24, 2.45) is 23.2 Å². The van der Waals surface area contributed by atoms with Crippen LogP contribution in [0, 0.1) is 23.2 Å². The zero-order chi connectivity index (χ0) is 14.8. The zero-order valence-electron chi connectivity index (χ0n) is 13.3. The van der Waals surface area contributed by atoms with Crippen LogP contribution in [0.5, 0.6) is 0 Å². The van der Waals surface area contributed by atoms with E-state index < -0.39 is 5.97 Å². The Morgan fingerprint density at radius 3 is 2.45 bits per heavy atom. The van der Waals surface area contributed by atoms with Crippen molar-refractivity contribution >= 4 is 5.97 Å². The molecule has 2 fully saturated rings. The first-order chi connectivity index (χ1) is 9.39. The van der Waals surface area contributed by atoms with Gasteiger partial charge in [0.1, 0.15) is 0 Å². The topological polar surface area (TPSA) is 49.3 Å². The number of nitrogens with one attached hydrogen (secondary N) is 1. The molecule has 2 aliphatic rings. The number of aliphatic carboxylic acids is 1. The Balaban J connectivity index is 1.90. The third-order valence-electron chi connectivity index (χ3n) is 5.50. The van der Waals surface area contributed by atoms with Gasteiger partial charge in [0, 0.05) is 6.04 Å². The van der Waals surface area contributed by atoms with Crippen molar-refractivity contribution in [3.8, 4) is 0 Å². The zero-order valence-corrected chi connectivity index (χ0v) is 13.3. The predicted octanol–water partition coefficient (Wildman–Crippen LogP) is 3.68. The molecule has 4 atom stereocenters. The minimum Gasteiger partial charge on any atom is -0.481 e. The Morgan fingerprint density at radius 2 is 1.80 bits per heavy atom. The van der Waals surface area contributed by atoms with Gasteiger partial charge in [-0.25, -0.2) is 0 Å². The lowest BCUT2D eigenvalue weighted by Gasteiger charge is -2.41. The van der Waals surface area contributed by atoms with E-state index in [2.05, 4.69) is 26.1 Å². The summed E-state index contributed by atoms with van der Waals surface area (Å²) in [7, 11) is 0. The van der Waals surface area contributed by atoms with E-state index in [4.69, 9.17) is 0 Å². The molecule has 2 rings (SSSR count). The average molecular weight is 281 g/mol. The molecule has 3 heteroatoms. The lowest BCUT2D eigenvalue weighted by Crippen LogP contribution is -2.46. The van der Waals surface area contributed by atoms with Gasteiger partial charge in [-0.15, -0.1) is 0 Å². The Bertz CT molecular complexity index is 334. The summed E-state index contributed by atoms with van der Waals surface area (Å²) in [5, 5.41) is 13.0. The molecule has 0 bridgehead atoms. The fourth-order valence-corrected chi connectivity index (χ4v) is 4.32. The monoisotopic (exact) mass is 281 g/mol. The van der Waals surface area contributed by atoms with E-state index in [0.717, 1.165) is 31.7 Å². The molecule has 0 amide bonds. The highest BCUT2D eigenvalue weighted by atomic mass is 16.4. The minimum absolute atomic E-state index is 0.112. The highest BCUT2D eigenvalue weighted by Crippen LogP contribution is 2.38. The SMILES string of the molecule is CC(C)(C)C1CCCCC1NCC1CCCC1C(=O)O. The third kappa shape index (κ3) is 3.75. The van der Waals surface area contributed by atoms with Gasteiger partial charge in [0.15, 0.2) is 0 Å². The molecular formula is C17H31NO2. The Hall–Kier alpha value is -0.570. The number of carboxylic acid groups (broad SMARTS) is 1. The van der Waals surface area contributed by atoms with Gasteiger partial charge in [0.25, 0.3) is 0 Å². The molecule has 2 N–H and O–H groups in total. The van der Waals surface area contributed by atoms with Crippen molar-refractivity contribution in [3.63, 3.8) is 0 Å². The standard InChI is InChI=1S/C17H31NO2/c1-17(2,3)14-9-4-5-10-15(14)18-11-12-7-6-8-13(12)16(19)20/h12-15,18H,4-11H2,1-3H3,(H,19,20). The first kappa shape index (κ1) is 15.8. The fraction of sp³-hybridized carbons (Fsp3) is 0.941. The lowest BCUT2D eigenvalue weighted by molar-refractivity contribution is -0.142. The fourth-order valence-electron chi connectivity index (χ4n) is 4.32. The molecule has 0 saturated heterocycles. The Kier molecular flexibility index (Phi) is 5.11. The van der Waals surface area contributed by atoms with Crippen LogP contribution >= 0.6 is 0 Å². The van der Waals surface area contributed by atoms with Crippen molar-refractivity contribution in [1.82, 2.24) is 5.32 Å². The summed E-state index contributed by atoms with van der Waals surface area (Å²) in [5.41, 5.74) is 0.347. The van der Waals surface area contributed by atoms with Gasteiger partial charge in [0.2, 0.25) is 0 Å². The smallest absolute Gasteiger partial charge is 0.306 e. The van der Waals surface area contributed by atoms with Crippen molar-refractivity contribution in [1.29, 1.82) is 0 Å². The van der Waals surface area contributed by atoms with Crippen molar-refractivity contribution in [2.75, 3.05) is 6.54 Å². The molecule has 0 spiro atoms. The Labute approximate surface area is 123 Å². The van der Waals surface area contributed by atoms with Crippen LogP contribution in [0.2, 0.25) is 0 Å². The van der Waals surface area contributed by atoms with E-state index in [0.29, 0.717) is 17.4 Å². The van der Waals surface area contributed by atoms with Gasteiger partial charge in [-0.3, -0.25) is 4.79 Å². The van der Waals surface area contributed by atoms with Gasteiger partial charge in [-0.2, -0.15) is 0 Å². The van der Waals surface area contributed by atoms with Gasteiger partial charge in [0.05, 0.1) is 5.92 Å². The first-order valence-corrected chi connectivity index (χ1v) is 8.36. The van der Waals surface area contributed by atoms with Crippen molar-refractivity contribution < 1.29 is 9.90 Å². The molecule has 20 heavy (non-hydrogen) atoms. The molecule has 0 aromatic heterocycles. The van der Waals surface area contributed by atoms with Crippen LogP contribution < -0.4 is 5.32 Å². The maximum atomic E-state index is 11.3. The molecule has 116 valence electrons. The van der Waals surface area contributed by atoms with Crippen LogP contribution in [0.1, 0.15) is 65.7 Å². The second kappa shape index (κ2) is 6.46. The molecule has 0 heterocycles. The maximum absolute atomic E-state index is 11.3. The molecule has 0 radical (unpaired) electrons. The van der Waals surface area contributed by atoms with Crippen LogP contribution in [-0.4, -0.2) is 23.7 Å². The maximum Gasteiger partial charge on any atom is 0.306 e. The molecule has 2 saturated carbocycles. The first-order valence-electron chi connectivity index (χ1n) is 8.36. The average Bonchev–Trinajstić information content (AvgIpc) is 2.84. The number of rotatable bonds is 4. The lowest BCUT2D eigenvalue weighted by atomic mass is 9.69. The number of carboxylic acids is 1. The quantitative estimate of drug-likeness (QED) is 0.826. The second-order valence-electron chi connectivity index (χ2n) is 7.91. The van der Waals surface area contributed by atoms with Gasteiger partial charge < -0.3 is 10.4 Å². The summed E-state index contributed by atoms with van der Waals surface area (Å²) in [6, 6.07) is 0.582. The number of hydrogen-bond acceptors (Lipinski definition) is 2. The summed E-state index contributed by atoms with van der Waals surface area (Å²) in [4.78, 5) is 11.3. The van der Waals surface area contributed by atoms with Crippen molar-refractivity contribution in [3.05, 3.63) is 0 Å². The normalized spacial score (nSPS) is 35.1. The van der Waals surface area contributed by atoms with E-state index >= 15 is 0 Å². The van der Waals surface area contributed by atoms with Gasteiger partial charge >= 0.3 is 5.97 Å². The molecule has 0 aromatic carbocycles. The van der Waals surface area contributed by atoms with Crippen LogP contribution in [0.15, 0.2) is 0 Å². The Morgan fingerprint density at radius 1 is 1.10 bits per heavy atom. The second-order valence-corrected chi connectivity index (χ2v) is 7.91. The van der Waals surface area contributed by atoms with E-state index in [-0.39, 0.29) is 5.92 Å². The highest BCUT2D eigenvalue weighted by molar-refractivity contribution is 5.70. The summed E-state index contributed by atoms with van der Waals surface area (Å²) in [6.07, 6.45) is 8.27. The molecule has 3 nitrogen and oxygen atoms in total. The summed E-state index contributed by atoms with van der Waals surface area (Å²) < 4.78 is 0. The van der Waals surface area contributed by atoms with Crippen LogP contribution in [0.25, 0.3) is 0 Å². The van der Waals surface area contributed by atoms with E-state index in [1.165, 1.54) is 25.7 Å². The van der Waals surface area contributed by atoms with E-state index in [9.17, 15) is 9.90 Å². The minimum atomic E-state index is -0.592. The van der Waals surface area contributed by atoms with Gasteiger partial charge in [-0.1, -0.05) is 40.0 Å². The molecule has 0 aromatic rings. The summed E-state index contributed by atoms with van der Waals surface area (Å²) in [5.74, 6) is 0.362. The molecular weight excluding hydrogens is 250 g/mol. The predicted molar refractivity (Wildman–Crippen MR) is 81.7 cm³/mol. The van der Waals surface area contributed by atoms with E-state index in [1.807, 2.05) is 0 Å². The summed E-state index contributed by atoms with van der Waals surface area (Å²) in [6.45, 7) is 7.92.